The van der Waals surface area contributed by atoms with Crippen LogP contribution in [-0.2, 0) is 14.8 Å². The Morgan fingerprint density at radius 2 is 2.24 bits per heavy atom. The SMILES string of the molecule is CC1CN(S(=O)(=O)c2ccc(C#N)cc2N)CC(CO)O1. The lowest BCUT2D eigenvalue weighted by atomic mass is 10.2. The first-order valence-electron chi connectivity index (χ1n) is 6.44. The minimum atomic E-state index is -3.79. The summed E-state index contributed by atoms with van der Waals surface area (Å²) in [5.74, 6) is 0. The molecule has 0 aromatic heterocycles. The number of nitriles is 1. The van der Waals surface area contributed by atoms with E-state index in [2.05, 4.69) is 0 Å². The maximum atomic E-state index is 12.6. The molecule has 0 radical (unpaired) electrons. The molecule has 1 aliphatic rings. The highest BCUT2D eigenvalue weighted by molar-refractivity contribution is 7.89. The van der Waals surface area contributed by atoms with Crippen LogP contribution in [0, 0.1) is 11.3 Å². The molecule has 114 valence electrons. The molecule has 1 aromatic carbocycles. The average molecular weight is 311 g/mol. The Morgan fingerprint density at radius 3 is 2.81 bits per heavy atom. The molecule has 2 rings (SSSR count). The summed E-state index contributed by atoms with van der Waals surface area (Å²) in [5, 5.41) is 18.0. The zero-order valence-electron chi connectivity index (χ0n) is 11.6. The summed E-state index contributed by atoms with van der Waals surface area (Å²) in [4.78, 5) is -0.0349. The van der Waals surface area contributed by atoms with Crippen molar-refractivity contribution in [1.29, 1.82) is 5.26 Å². The van der Waals surface area contributed by atoms with Crippen LogP contribution in [0.3, 0.4) is 0 Å². The van der Waals surface area contributed by atoms with E-state index < -0.39 is 16.1 Å². The molecule has 0 saturated carbocycles. The second-order valence-electron chi connectivity index (χ2n) is 4.94. The van der Waals surface area contributed by atoms with Gasteiger partial charge in [0, 0.05) is 13.1 Å². The Kier molecular flexibility index (Phi) is 4.49. The fourth-order valence-corrected chi connectivity index (χ4v) is 3.94. The number of rotatable bonds is 3. The number of nitrogens with zero attached hydrogens (tertiary/aromatic N) is 2. The number of aliphatic hydroxyl groups is 1. The zero-order chi connectivity index (χ0) is 15.6. The van der Waals surface area contributed by atoms with E-state index in [4.69, 9.17) is 15.7 Å². The minimum absolute atomic E-state index is 0.0349. The first-order valence-corrected chi connectivity index (χ1v) is 7.88. The lowest BCUT2D eigenvalue weighted by molar-refractivity contribution is -0.0750. The summed E-state index contributed by atoms with van der Waals surface area (Å²) in [6.07, 6.45) is -0.867. The van der Waals surface area contributed by atoms with E-state index in [1.54, 1.807) is 6.92 Å². The maximum absolute atomic E-state index is 12.6. The van der Waals surface area contributed by atoms with Gasteiger partial charge in [-0.15, -0.1) is 0 Å². The van der Waals surface area contributed by atoms with Gasteiger partial charge in [-0.3, -0.25) is 0 Å². The number of sulfonamides is 1. The average Bonchev–Trinajstić information content (AvgIpc) is 2.46. The molecule has 1 saturated heterocycles. The number of nitrogen functional groups attached to an aromatic ring is 1. The summed E-state index contributed by atoms with van der Waals surface area (Å²) < 4.78 is 32.0. The molecule has 0 amide bonds. The van der Waals surface area contributed by atoms with Gasteiger partial charge < -0.3 is 15.6 Å². The van der Waals surface area contributed by atoms with E-state index in [0.29, 0.717) is 5.56 Å². The third-order valence-electron chi connectivity index (χ3n) is 3.25. The lowest BCUT2D eigenvalue weighted by Gasteiger charge is -2.35. The molecule has 8 heteroatoms. The van der Waals surface area contributed by atoms with Crippen LogP contribution >= 0.6 is 0 Å². The number of morpholine rings is 1. The zero-order valence-corrected chi connectivity index (χ0v) is 12.4. The van der Waals surface area contributed by atoms with Crippen molar-refractivity contribution in [2.45, 2.75) is 24.0 Å². The fraction of sp³-hybridized carbons (Fsp3) is 0.462. The van der Waals surface area contributed by atoms with Gasteiger partial charge in [0.25, 0.3) is 0 Å². The molecule has 1 aliphatic heterocycles. The fourth-order valence-electron chi connectivity index (χ4n) is 2.29. The van der Waals surface area contributed by atoms with Gasteiger partial charge in [-0.1, -0.05) is 0 Å². The van der Waals surface area contributed by atoms with Crippen molar-refractivity contribution in [2.75, 3.05) is 25.4 Å². The minimum Gasteiger partial charge on any atom is -0.398 e. The van der Waals surface area contributed by atoms with Crippen LogP contribution in [0.2, 0.25) is 0 Å². The van der Waals surface area contributed by atoms with Crippen molar-refractivity contribution < 1.29 is 18.3 Å². The Labute approximate surface area is 123 Å². The molecule has 1 fully saturated rings. The van der Waals surface area contributed by atoms with Crippen LogP contribution in [0.15, 0.2) is 23.1 Å². The van der Waals surface area contributed by atoms with Crippen molar-refractivity contribution in [3.63, 3.8) is 0 Å². The van der Waals surface area contributed by atoms with E-state index >= 15 is 0 Å². The highest BCUT2D eigenvalue weighted by Gasteiger charge is 2.34. The lowest BCUT2D eigenvalue weighted by Crippen LogP contribution is -2.50. The van der Waals surface area contributed by atoms with E-state index in [1.165, 1.54) is 22.5 Å². The normalized spacial score (nSPS) is 23.7. The molecule has 2 atom stereocenters. The van der Waals surface area contributed by atoms with E-state index in [0.717, 1.165) is 0 Å². The van der Waals surface area contributed by atoms with E-state index in [9.17, 15) is 13.5 Å². The molecule has 0 spiro atoms. The number of hydrogen-bond acceptors (Lipinski definition) is 6. The van der Waals surface area contributed by atoms with Crippen molar-refractivity contribution in [3.05, 3.63) is 23.8 Å². The maximum Gasteiger partial charge on any atom is 0.245 e. The summed E-state index contributed by atoms with van der Waals surface area (Å²) in [6.45, 7) is 1.76. The number of hydrogen-bond donors (Lipinski definition) is 2. The highest BCUT2D eigenvalue weighted by Crippen LogP contribution is 2.26. The highest BCUT2D eigenvalue weighted by atomic mass is 32.2. The van der Waals surface area contributed by atoms with Gasteiger partial charge in [-0.2, -0.15) is 9.57 Å². The number of aliphatic hydroxyl groups excluding tert-OH is 1. The second-order valence-corrected chi connectivity index (χ2v) is 6.84. The van der Waals surface area contributed by atoms with Gasteiger partial charge >= 0.3 is 0 Å². The molecule has 0 bridgehead atoms. The Bertz CT molecular complexity index is 668. The first-order chi connectivity index (χ1) is 9.88. The summed E-state index contributed by atoms with van der Waals surface area (Å²) in [6, 6.07) is 5.99. The summed E-state index contributed by atoms with van der Waals surface area (Å²) in [7, 11) is -3.79. The van der Waals surface area contributed by atoms with Gasteiger partial charge in [-0.05, 0) is 25.1 Å². The number of ether oxygens (including phenoxy) is 1. The second kappa shape index (κ2) is 5.99. The van der Waals surface area contributed by atoms with E-state index in [1.807, 2.05) is 6.07 Å². The third-order valence-corrected chi connectivity index (χ3v) is 5.16. The van der Waals surface area contributed by atoms with Crippen LogP contribution in [0.1, 0.15) is 12.5 Å². The van der Waals surface area contributed by atoms with Crippen LogP contribution in [0.4, 0.5) is 5.69 Å². The Hall–Kier alpha value is -1.66. The molecular formula is C13H17N3O4S. The van der Waals surface area contributed by atoms with Crippen molar-refractivity contribution in [3.8, 4) is 6.07 Å². The van der Waals surface area contributed by atoms with Crippen LogP contribution in [0.5, 0.6) is 0 Å². The third kappa shape index (κ3) is 3.16. The van der Waals surface area contributed by atoms with Crippen LogP contribution in [0.25, 0.3) is 0 Å². The summed E-state index contributed by atoms with van der Waals surface area (Å²) in [5.41, 5.74) is 6.09. The van der Waals surface area contributed by atoms with Gasteiger partial charge in [0.1, 0.15) is 4.90 Å². The molecule has 3 N–H and O–H groups in total. The topological polar surface area (TPSA) is 117 Å². The smallest absolute Gasteiger partial charge is 0.245 e. The number of benzene rings is 1. The predicted octanol–water partition coefficient (Wildman–Crippen LogP) is -0.0892. The predicted molar refractivity (Wildman–Crippen MR) is 75.7 cm³/mol. The van der Waals surface area contributed by atoms with Crippen molar-refractivity contribution >= 4 is 15.7 Å². The number of nitrogens with two attached hydrogens (primary N) is 1. The largest absolute Gasteiger partial charge is 0.398 e. The molecule has 2 unspecified atom stereocenters. The summed E-state index contributed by atoms with van der Waals surface area (Å²) >= 11 is 0. The van der Waals surface area contributed by atoms with Crippen molar-refractivity contribution in [2.24, 2.45) is 0 Å². The molecule has 21 heavy (non-hydrogen) atoms. The van der Waals surface area contributed by atoms with E-state index in [-0.39, 0.29) is 36.4 Å². The van der Waals surface area contributed by atoms with Gasteiger partial charge in [-0.25, -0.2) is 8.42 Å². The van der Waals surface area contributed by atoms with Crippen LogP contribution in [-0.4, -0.2) is 49.7 Å². The Balaban J connectivity index is 2.36. The number of anilines is 1. The molecule has 0 aliphatic carbocycles. The monoisotopic (exact) mass is 311 g/mol. The molecule has 7 nitrogen and oxygen atoms in total. The van der Waals surface area contributed by atoms with Crippen LogP contribution < -0.4 is 5.73 Å². The molecule has 1 aromatic rings. The Morgan fingerprint density at radius 1 is 1.52 bits per heavy atom. The van der Waals surface area contributed by atoms with Crippen molar-refractivity contribution in [1.82, 2.24) is 4.31 Å². The standard InChI is InChI=1S/C13H17N3O4S/c1-9-6-16(7-11(8-17)20-9)21(18,19)13-3-2-10(5-14)4-12(13)15/h2-4,9,11,17H,6-8,15H2,1H3. The van der Waals surface area contributed by atoms with Gasteiger partial charge in [0.2, 0.25) is 10.0 Å². The van der Waals surface area contributed by atoms with Gasteiger partial charge in [0.05, 0.1) is 36.1 Å². The molecular weight excluding hydrogens is 294 g/mol. The molecule has 1 heterocycles. The first kappa shape index (κ1) is 15.7. The quantitative estimate of drug-likeness (QED) is 0.754. The van der Waals surface area contributed by atoms with Gasteiger partial charge in [0.15, 0.2) is 0 Å².